The van der Waals surface area contributed by atoms with Crippen LogP contribution in [-0.2, 0) is 0 Å². The van der Waals surface area contributed by atoms with Crippen molar-refractivity contribution in [1.29, 1.82) is 0 Å². The number of rotatable bonds is 4. The number of nitrogen functional groups attached to an aromatic ring is 1. The normalized spacial score (nSPS) is 11.0. The molecule has 2 aromatic heterocycles. The van der Waals surface area contributed by atoms with Crippen molar-refractivity contribution < 1.29 is 13.5 Å². The zero-order valence-electron chi connectivity index (χ0n) is 15.1. The van der Waals surface area contributed by atoms with Crippen molar-refractivity contribution in [3.63, 3.8) is 0 Å². The zero-order valence-corrected chi connectivity index (χ0v) is 15.1. The van der Waals surface area contributed by atoms with Crippen LogP contribution >= 0.6 is 0 Å². The Kier molecular flexibility index (Phi) is 4.26. The molecule has 0 fully saturated rings. The van der Waals surface area contributed by atoms with Crippen molar-refractivity contribution in [1.82, 2.24) is 19.8 Å². The Morgan fingerprint density at radius 3 is 2.57 bits per heavy atom. The van der Waals surface area contributed by atoms with Gasteiger partial charge < -0.3 is 15.8 Å². The molecule has 0 unspecified atom stereocenters. The number of ether oxygens (including phenoxy) is 1. The first-order valence-corrected chi connectivity index (χ1v) is 8.40. The number of nitrogens with zero attached hydrogens (tertiary/aromatic N) is 4. The number of fused-ring (bicyclic) bond motifs is 1. The molecule has 0 aliphatic carbocycles. The molecule has 0 atom stereocenters. The maximum absolute atomic E-state index is 14.1. The minimum absolute atomic E-state index is 0.109. The molecule has 2 aromatic carbocycles. The molecule has 0 spiro atoms. The van der Waals surface area contributed by atoms with Crippen LogP contribution in [-0.4, -0.2) is 26.9 Å². The Morgan fingerprint density at radius 1 is 1.04 bits per heavy atom. The van der Waals surface area contributed by atoms with Crippen molar-refractivity contribution >= 4 is 17.0 Å². The van der Waals surface area contributed by atoms with E-state index in [0.29, 0.717) is 39.9 Å². The van der Waals surface area contributed by atoms with Crippen molar-refractivity contribution in [2.75, 3.05) is 18.1 Å². The molecule has 0 bridgehead atoms. The number of nitrogens with one attached hydrogen (secondary N) is 1. The minimum Gasteiger partial charge on any atom is -0.454 e. The summed E-state index contributed by atoms with van der Waals surface area (Å²) in [4.78, 5) is 0. The Bertz CT molecular complexity index is 1190. The summed E-state index contributed by atoms with van der Waals surface area (Å²) >= 11 is 0. The van der Waals surface area contributed by atoms with Gasteiger partial charge in [-0.25, -0.2) is 8.78 Å². The quantitative estimate of drug-likeness (QED) is 0.522. The number of halogens is 2. The molecule has 2 heterocycles. The number of nitrogens with two attached hydrogens (primary N) is 1. The fourth-order valence-electron chi connectivity index (χ4n) is 2.81. The highest BCUT2D eigenvalue weighted by atomic mass is 19.1. The van der Waals surface area contributed by atoms with Gasteiger partial charge in [0, 0.05) is 24.4 Å². The van der Waals surface area contributed by atoms with Crippen LogP contribution in [0.3, 0.4) is 0 Å². The molecule has 0 aliphatic heterocycles. The Hall–Kier alpha value is -3.75. The first-order valence-electron chi connectivity index (χ1n) is 8.40. The summed E-state index contributed by atoms with van der Waals surface area (Å²) in [6.45, 7) is 1.78. The van der Waals surface area contributed by atoms with Crippen LogP contribution < -0.4 is 15.8 Å². The second kappa shape index (κ2) is 6.76. The summed E-state index contributed by atoms with van der Waals surface area (Å²) in [6.07, 6.45) is 0. The summed E-state index contributed by atoms with van der Waals surface area (Å²) < 4.78 is 34.5. The minimum atomic E-state index is -0.809. The summed E-state index contributed by atoms with van der Waals surface area (Å²) in [5, 5.41) is 15.7. The van der Waals surface area contributed by atoms with Gasteiger partial charge in [0.15, 0.2) is 17.4 Å². The van der Waals surface area contributed by atoms with E-state index >= 15 is 0 Å². The van der Waals surface area contributed by atoms with Crippen LogP contribution in [0.2, 0.25) is 0 Å². The van der Waals surface area contributed by atoms with Gasteiger partial charge in [-0.3, -0.25) is 0 Å². The highest BCUT2D eigenvalue weighted by Crippen LogP contribution is 2.36. The van der Waals surface area contributed by atoms with Gasteiger partial charge in [-0.05, 0) is 43.3 Å². The van der Waals surface area contributed by atoms with Gasteiger partial charge >= 0.3 is 0 Å². The van der Waals surface area contributed by atoms with Crippen molar-refractivity contribution in [3.8, 4) is 22.8 Å². The lowest BCUT2D eigenvalue weighted by Gasteiger charge is -2.13. The molecule has 142 valence electrons. The van der Waals surface area contributed by atoms with Crippen molar-refractivity contribution in [2.24, 2.45) is 0 Å². The molecule has 9 heteroatoms. The molecule has 7 nitrogen and oxygen atoms in total. The lowest BCUT2D eigenvalue weighted by atomic mass is 10.1. The number of benzene rings is 2. The van der Waals surface area contributed by atoms with Crippen molar-refractivity contribution in [2.45, 2.75) is 6.92 Å². The third kappa shape index (κ3) is 3.07. The predicted octanol–water partition coefficient (Wildman–Crippen LogP) is 3.79. The zero-order chi connectivity index (χ0) is 19.8. The average molecular weight is 382 g/mol. The monoisotopic (exact) mass is 382 g/mol. The standard InChI is InChI=1S/C19H16F2N6O/c1-10-24-25-19-16(23-2)9-15(26-27(10)19)13-8-12(22)4-6-17(13)28-18-5-3-11(20)7-14(18)21/h3-9,23H,22H2,1-2H3. The number of aromatic nitrogens is 4. The second-order valence-corrected chi connectivity index (χ2v) is 6.11. The molecule has 4 aromatic rings. The third-order valence-corrected chi connectivity index (χ3v) is 4.19. The van der Waals surface area contributed by atoms with Gasteiger partial charge in [0.05, 0.1) is 11.4 Å². The largest absolute Gasteiger partial charge is 0.454 e. The van der Waals surface area contributed by atoms with E-state index < -0.39 is 11.6 Å². The second-order valence-electron chi connectivity index (χ2n) is 6.11. The number of aryl methyl sites for hydroxylation is 1. The Balaban J connectivity index is 1.87. The maximum atomic E-state index is 14.1. The molecular formula is C19H16F2N6O. The van der Waals surface area contributed by atoms with Crippen LogP contribution in [0.1, 0.15) is 5.82 Å². The lowest BCUT2D eigenvalue weighted by Crippen LogP contribution is -2.02. The van der Waals surface area contributed by atoms with E-state index in [1.807, 2.05) is 0 Å². The topological polar surface area (TPSA) is 90.4 Å². The molecule has 4 rings (SSSR count). The molecule has 0 saturated heterocycles. The highest BCUT2D eigenvalue weighted by molar-refractivity contribution is 5.77. The average Bonchev–Trinajstić information content (AvgIpc) is 3.05. The fourth-order valence-corrected chi connectivity index (χ4v) is 2.81. The summed E-state index contributed by atoms with van der Waals surface area (Å²) in [5.74, 6) is -0.681. The van der Waals surface area contributed by atoms with E-state index in [1.54, 1.807) is 42.8 Å². The summed E-state index contributed by atoms with van der Waals surface area (Å²) in [7, 11) is 1.76. The van der Waals surface area contributed by atoms with E-state index in [2.05, 4.69) is 20.6 Å². The lowest BCUT2D eigenvalue weighted by molar-refractivity contribution is 0.439. The van der Waals surface area contributed by atoms with Crippen LogP contribution in [0.5, 0.6) is 11.5 Å². The smallest absolute Gasteiger partial charge is 0.200 e. The SMILES string of the molecule is CNc1cc(-c2cc(N)ccc2Oc2ccc(F)cc2F)nn2c(C)nnc12. The molecule has 0 saturated carbocycles. The summed E-state index contributed by atoms with van der Waals surface area (Å²) in [5.41, 5.74) is 8.75. The number of hydrogen-bond acceptors (Lipinski definition) is 6. The molecule has 0 radical (unpaired) electrons. The van der Waals surface area contributed by atoms with Gasteiger partial charge in [0.1, 0.15) is 11.6 Å². The molecule has 3 N–H and O–H groups in total. The van der Waals surface area contributed by atoms with E-state index in [4.69, 9.17) is 10.5 Å². The number of hydrogen-bond donors (Lipinski definition) is 2. The Morgan fingerprint density at radius 2 is 1.82 bits per heavy atom. The van der Waals surface area contributed by atoms with E-state index in [9.17, 15) is 8.78 Å². The van der Waals surface area contributed by atoms with Crippen LogP contribution in [0.4, 0.5) is 20.2 Å². The molecule has 0 amide bonds. The third-order valence-electron chi connectivity index (χ3n) is 4.19. The van der Waals surface area contributed by atoms with Crippen LogP contribution in [0.25, 0.3) is 16.9 Å². The highest BCUT2D eigenvalue weighted by Gasteiger charge is 2.16. The fraction of sp³-hybridized carbons (Fsp3) is 0.105. The maximum Gasteiger partial charge on any atom is 0.200 e. The van der Waals surface area contributed by atoms with E-state index in [1.165, 1.54) is 6.07 Å². The van der Waals surface area contributed by atoms with Gasteiger partial charge in [-0.15, -0.1) is 10.2 Å². The van der Waals surface area contributed by atoms with Gasteiger partial charge in [0.25, 0.3) is 0 Å². The van der Waals surface area contributed by atoms with E-state index in [0.717, 1.165) is 12.1 Å². The summed E-state index contributed by atoms with van der Waals surface area (Å²) in [6, 6.07) is 9.79. The molecule has 28 heavy (non-hydrogen) atoms. The van der Waals surface area contributed by atoms with Crippen LogP contribution in [0.15, 0.2) is 42.5 Å². The van der Waals surface area contributed by atoms with Crippen LogP contribution in [0, 0.1) is 18.6 Å². The predicted molar refractivity (Wildman–Crippen MR) is 101 cm³/mol. The van der Waals surface area contributed by atoms with Crippen molar-refractivity contribution in [3.05, 3.63) is 59.9 Å². The first-order chi connectivity index (χ1) is 13.5. The van der Waals surface area contributed by atoms with Gasteiger partial charge in [-0.1, -0.05) is 0 Å². The number of anilines is 2. The first kappa shape index (κ1) is 17.7. The van der Waals surface area contributed by atoms with Gasteiger partial charge in [-0.2, -0.15) is 9.61 Å². The van der Waals surface area contributed by atoms with E-state index in [-0.39, 0.29) is 5.75 Å². The Labute approximate surface area is 158 Å². The molecular weight excluding hydrogens is 366 g/mol. The molecule has 0 aliphatic rings. The van der Waals surface area contributed by atoms with Gasteiger partial charge in [0.2, 0.25) is 5.65 Å².